The van der Waals surface area contributed by atoms with E-state index in [1.807, 2.05) is 19.1 Å². The number of hydrogen-bond donors (Lipinski definition) is 1. The van der Waals surface area contributed by atoms with Crippen molar-refractivity contribution < 1.29 is 22.7 Å². The minimum atomic E-state index is -3.86. The van der Waals surface area contributed by atoms with Gasteiger partial charge in [-0.2, -0.15) is 4.31 Å². The van der Waals surface area contributed by atoms with Crippen LogP contribution in [0.2, 0.25) is 5.02 Å². The van der Waals surface area contributed by atoms with Crippen LogP contribution in [0.4, 0.5) is 0 Å². The van der Waals surface area contributed by atoms with Crippen LogP contribution in [0.15, 0.2) is 47.4 Å². The molecular weight excluding hydrogens is 440 g/mol. The molecule has 3 rings (SSSR count). The first-order valence-corrected chi connectivity index (χ1v) is 11.9. The van der Waals surface area contributed by atoms with Crippen molar-refractivity contribution in [3.63, 3.8) is 0 Å². The highest BCUT2D eigenvalue weighted by Gasteiger charge is 2.35. The maximum Gasteiger partial charge on any atom is 0.246 e. The van der Waals surface area contributed by atoms with Crippen LogP contribution in [0, 0.1) is 5.92 Å². The first-order chi connectivity index (χ1) is 14.8. The van der Waals surface area contributed by atoms with Crippen LogP contribution >= 0.6 is 11.6 Å². The molecule has 0 spiro atoms. The molecule has 0 bridgehead atoms. The van der Waals surface area contributed by atoms with Gasteiger partial charge in [-0.3, -0.25) is 4.79 Å². The van der Waals surface area contributed by atoms with E-state index >= 15 is 0 Å². The van der Waals surface area contributed by atoms with Gasteiger partial charge in [-0.05, 0) is 49.6 Å². The van der Waals surface area contributed by atoms with Crippen LogP contribution in [0.25, 0.3) is 0 Å². The van der Waals surface area contributed by atoms with E-state index in [-0.39, 0.29) is 29.1 Å². The Labute approximate surface area is 188 Å². The van der Waals surface area contributed by atoms with Crippen molar-refractivity contribution in [2.45, 2.75) is 30.7 Å². The summed E-state index contributed by atoms with van der Waals surface area (Å²) in [6, 6.07) is 11.7. The number of methoxy groups -OCH3 is 2. The van der Waals surface area contributed by atoms with E-state index in [1.54, 1.807) is 24.3 Å². The fourth-order valence-electron chi connectivity index (χ4n) is 3.67. The Balaban J connectivity index is 1.75. The van der Waals surface area contributed by atoms with Crippen molar-refractivity contribution in [2.24, 2.45) is 5.92 Å². The molecule has 0 radical (unpaired) electrons. The fraction of sp³-hybridized carbons (Fsp3) is 0.409. The molecule has 1 aliphatic rings. The molecule has 1 N–H and O–H groups in total. The van der Waals surface area contributed by atoms with Crippen molar-refractivity contribution in [1.29, 1.82) is 0 Å². The maximum absolute atomic E-state index is 13.3. The summed E-state index contributed by atoms with van der Waals surface area (Å²) >= 11 is 5.93. The number of nitrogens with zero attached hydrogens (tertiary/aromatic N) is 1. The number of rotatable bonds is 7. The second-order valence-corrected chi connectivity index (χ2v) is 9.84. The highest BCUT2D eigenvalue weighted by Crippen LogP contribution is 2.33. The number of benzene rings is 2. The van der Waals surface area contributed by atoms with Gasteiger partial charge in [0, 0.05) is 24.2 Å². The van der Waals surface area contributed by atoms with Gasteiger partial charge in [-0.15, -0.1) is 0 Å². The van der Waals surface area contributed by atoms with E-state index in [2.05, 4.69) is 5.32 Å². The monoisotopic (exact) mass is 466 g/mol. The number of sulfonamides is 1. The molecule has 1 amide bonds. The first-order valence-electron chi connectivity index (χ1n) is 10.0. The zero-order valence-electron chi connectivity index (χ0n) is 17.8. The van der Waals surface area contributed by atoms with Crippen LogP contribution in [-0.4, -0.2) is 45.9 Å². The van der Waals surface area contributed by atoms with Gasteiger partial charge in [0.15, 0.2) is 0 Å². The largest absolute Gasteiger partial charge is 0.497 e. The molecule has 0 aromatic heterocycles. The Morgan fingerprint density at radius 3 is 2.52 bits per heavy atom. The predicted molar refractivity (Wildman–Crippen MR) is 119 cm³/mol. The molecule has 2 aromatic rings. The predicted octanol–water partition coefficient (Wildman–Crippen LogP) is 3.64. The Morgan fingerprint density at radius 1 is 1.16 bits per heavy atom. The van der Waals surface area contributed by atoms with E-state index < -0.39 is 15.9 Å². The molecule has 1 heterocycles. The third kappa shape index (κ3) is 5.31. The quantitative estimate of drug-likeness (QED) is 0.673. The first kappa shape index (κ1) is 23.4. The van der Waals surface area contributed by atoms with Gasteiger partial charge < -0.3 is 14.8 Å². The van der Waals surface area contributed by atoms with Gasteiger partial charge in [0.1, 0.15) is 16.4 Å². The maximum atomic E-state index is 13.3. The second kappa shape index (κ2) is 9.89. The van der Waals surface area contributed by atoms with Gasteiger partial charge in [0.2, 0.25) is 15.9 Å². The lowest BCUT2D eigenvalue weighted by Gasteiger charge is -2.32. The van der Waals surface area contributed by atoms with Gasteiger partial charge in [-0.25, -0.2) is 8.42 Å². The van der Waals surface area contributed by atoms with Gasteiger partial charge in [0.25, 0.3) is 0 Å². The molecule has 0 saturated carbocycles. The van der Waals surface area contributed by atoms with Gasteiger partial charge in [-0.1, -0.05) is 23.7 Å². The van der Waals surface area contributed by atoms with Crippen molar-refractivity contribution >= 4 is 27.5 Å². The second-order valence-electron chi connectivity index (χ2n) is 7.50. The van der Waals surface area contributed by atoms with Crippen molar-refractivity contribution in [2.75, 3.05) is 27.3 Å². The third-order valence-corrected chi connectivity index (χ3v) is 7.61. The van der Waals surface area contributed by atoms with Gasteiger partial charge in [0.05, 0.1) is 26.2 Å². The molecule has 1 aliphatic heterocycles. The molecule has 2 atom stereocenters. The molecule has 2 aromatic carbocycles. The number of piperidine rings is 1. The smallest absolute Gasteiger partial charge is 0.246 e. The summed E-state index contributed by atoms with van der Waals surface area (Å²) in [6.07, 6.45) is 1.22. The average Bonchev–Trinajstić information content (AvgIpc) is 2.79. The Bertz CT molecular complexity index is 1030. The summed E-state index contributed by atoms with van der Waals surface area (Å²) in [6.45, 7) is 2.35. The summed E-state index contributed by atoms with van der Waals surface area (Å²) < 4.78 is 38.4. The summed E-state index contributed by atoms with van der Waals surface area (Å²) in [7, 11) is -0.960. The number of nitrogens with one attached hydrogen (secondary N) is 1. The van der Waals surface area contributed by atoms with Crippen LogP contribution in [-0.2, 0) is 14.8 Å². The van der Waals surface area contributed by atoms with E-state index in [0.29, 0.717) is 30.2 Å². The van der Waals surface area contributed by atoms with Crippen LogP contribution < -0.4 is 14.8 Å². The Kier molecular flexibility index (Phi) is 7.46. The lowest BCUT2D eigenvalue weighted by atomic mass is 9.98. The van der Waals surface area contributed by atoms with Crippen molar-refractivity contribution in [1.82, 2.24) is 9.62 Å². The third-order valence-electron chi connectivity index (χ3n) is 5.47. The van der Waals surface area contributed by atoms with Crippen LogP contribution in [0.5, 0.6) is 11.5 Å². The Hall–Kier alpha value is -2.29. The fourth-order valence-corrected chi connectivity index (χ4v) is 5.49. The number of halogens is 1. The molecule has 168 valence electrons. The van der Waals surface area contributed by atoms with E-state index in [0.717, 1.165) is 5.56 Å². The number of amides is 1. The SMILES string of the molecule is COc1ccc(OC)c(S(=O)(=O)N2CCC[C@H](C(=O)N[C@H](C)c3ccc(Cl)cc3)C2)c1. The lowest BCUT2D eigenvalue weighted by Crippen LogP contribution is -2.45. The molecule has 0 unspecified atom stereocenters. The molecule has 1 fully saturated rings. The number of ether oxygens (including phenoxy) is 2. The zero-order valence-corrected chi connectivity index (χ0v) is 19.4. The Morgan fingerprint density at radius 2 is 1.87 bits per heavy atom. The van der Waals surface area contributed by atoms with E-state index in [1.165, 1.54) is 24.6 Å². The molecule has 0 aliphatic carbocycles. The minimum absolute atomic E-state index is 0.0324. The summed E-state index contributed by atoms with van der Waals surface area (Å²) in [4.78, 5) is 12.9. The topological polar surface area (TPSA) is 84.9 Å². The molecule has 31 heavy (non-hydrogen) atoms. The number of carbonyl (C=O) groups excluding carboxylic acids is 1. The highest BCUT2D eigenvalue weighted by atomic mass is 35.5. The minimum Gasteiger partial charge on any atom is -0.497 e. The van der Waals surface area contributed by atoms with Crippen LogP contribution in [0.3, 0.4) is 0 Å². The standard InChI is InChI=1S/C22H27ClN2O5S/c1-15(16-6-8-18(23)9-7-16)24-22(26)17-5-4-12-25(14-17)31(27,28)21-13-19(29-2)10-11-20(21)30-3/h6-11,13,15,17H,4-5,12,14H2,1-3H3,(H,24,26)/t15-,17+/m1/s1. The van der Waals surface area contributed by atoms with Gasteiger partial charge >= 0.3 is 0 Å². The number of hydrogen-bond acceptors (Lipinski definition) is 5. The molecular formula is C22H27ClN2O5S. The zero-order chi connectivity index (χ0) is 22.6. The summed E-state index contributed by atoms with van der Waals surface area (Å²) in [5.41, 5.74) is 0.930. The van der Waals surface area contributed by atoms with E-state index in [4.69, 9.17) is 21.1 Å². The van der Waals surface area contributed by atoms with E-state index in [9.17, 15) is 13.2 Å². The normalized spacial score (nSPS) is 18.3. The highest BCUT2D eigenvalue weighted by molar-refractivity contribution is 7.89. The average molecular weight is 467 g/mol. The van der Waals surface area contributed by atoms with Crippen molar-refractivity contribution in [3.05, 3.63) is 53.1 Å². The summed E-state index contributed by atoms with van der Waals surface area (Å²) in [5, 5.41) is 3.62. The van der Waals surface area contributed by atoms with Crippen molar-refractivity contribution in [3.8, 4) is 11.5 Å². The molecule has 1 saturated heterocycles. The lowest BCUT2D eigenvalue weighted by molar-refractivity contribution is -0.126. The summed E-state index contributed by atoms with van der Waals surface area (Å²) in [5.74, 6) is 0.0565. The van der Waals surface area contributed by atoms with Crippen LogP contribution in [0.1, 0.15) is 31.4 Å². The molecule has 7 nitrogen and oxygen atoms in total. The molecule has 9 heteroatoms. The number of carbonyl (C=O) groups is 1.